The Balaban J connectivity index is 0.000000248. The van der Waals surface area contributed by atoms with Gasteiger partial charge < -0.3 is 25.0 Å². The first kappa shape index (κ1) is 41.6. The van der Waals surface area contributed by atoms with Crippen LogP contribution in [0.3, 0.4) is 0 Å². The van der Waals surface area contributed by atoms with E-state index in [2.05, 4.69) is 20.5 Å². The number of phenols is 1. The van der Waals surface area contributed by atoms with E-state index in [1.807, 2.05) is 24.3 Å². The number of phenolic OH excluding ortho intramolecular Hbond substituents is 1. The van der Waals surface area contributed by atoms with Crippen molar-refractivity contribution in [2.75, 3.05) is 0 Å². The van der Waals surface area contributed by atoms with E-state index in [1.54, 1.807) is 42.5 Å². The van der Waals surface area contributed by atoms with Gasteiger partial charge >= 0.3 is 46.3 Å². The van der Waals surface area contributed by atoms with Crippen molar-refractivity contribution >= 4 is 82.5 Å². The predicted octanol–water partition coefficient (Wildman–Crippen LogP) is 5.06. The number of hydrogen-bond donors (Lipinski definition) is 1. The molecule has 0 aliphatic heterocycles. The Labute approximate surface area is 343 Å². The Morgan fingerprint density at radius 1 is 0.611 bits per heavy atom. The Morgan fingerprint density at radius 2 is 1.17 bits per heavy atom. The second-order valence-corrected chi connectivity index (χ2v) is 12.7. The van der Waals surface area contributed by atoms with Crippen LogP contribution in [-0.2, 0) is 26.9 Å². The maximum absolute atomic E-state index is 12.5. The van der Waals surface area contributed by atoms with Crippen molar-refractivity contribution in [1.29, 1.82) is 0 Å². The van der Waals surface area contributed by atoms with Crippen LogP contribution in [0.1, 0.15) is 0 Å². The topological polar surface area (TPSA) is 239 Å². The van der Waals surface area contributed by atoms with Crippen molar-refractivity contribution in [2.24, 2.45) is 20.5 Å². The van der Waals surface area contributed by atoms with Crippen LogP contribution in [0.4, 0.5) is 28.4 Å². The molecule has 0 heterocycles. The van der Waals surface area contributed by atoms with E-state index in [0.29, 0.717) is 27.5 Å². The second-order valence-electron chi connectivity index (χ2n) is 11.0. The SMILES string of the molecule is O=[N+]([O-])c1ccc2c(N=Nc3c([O-])ccc4ccccc34)c([O-])cc(S(=O)(=O)[O-])c2c1.[Co+3].[Na+].[O-]c1ccc(Cl)cc1N=Nc1c(O)ccc2ccccc12. The summed E-state index contributed by atoms with van der Waals surface area (Å²) in [7, 11) is -5.11. The van der Waals surface area contributed by atoms with E-state index < -0.39 is 37.1 Å². The molecule has 18 heteroatoms. The molecule has 54 heavy (non-hydrogen) atoms. The molecule has 0 aliphatic carbocycles. The number of non-ortho nitro benzene ring substituents is 1. The molecule has 0 saturated carbocycles. The van der Waals surface area contributed by atoms with E-state index in [1.165, 1.54) is 24.3 Å². The molecule has 0 saturated heterocycles. The van der Waals surface area contributed by atoms with Gasteiger partial charge in [0.2, 0.25) is 0 Å². The average Bonchev–Trinajstić information content (AvgIpc) is 3.12. The zero-order chi connectivity index (χ0) is 37.2. The molecule has 0 atom stereocenters. The van der Waals surface area contributed by atoms with Crippen LogP contribution in [0.15, 0.2) is 141 Å². The molecular formula is C36H20ClCoN5NaO9S. The van der Waals surface area contributed by atoms with Gasteiger partial charge in [0.05, 0.1) is 26.9 Å². The maximum Gasteiger partial charge on any atom is 3.00 e. The fourth-order valence-corrected chi connectivity index (χ4v) is 6.08. The Morgan fingerprint density at radius 3 is 1.80 bits per heavy atom. The van der Waals surface area contributed by atoms with E-state index in [9.17, 15) is 43.5 Å². The minimum Gasteiger partial charge on any atom is -0.871 e. The normalized spacial score (nSPS) is 11.3. The van der Waals surface area contributed by atoms with Gasteiger partial charge in [0.15, 0.2) is 0 Å². The van der Waals surface area contributed by atoms with Gasteiger partial charge in [0, 0.05) is 38.7 Å². The third-order valence-corrected chi connectivity index (χ3v) is 8.78. The van der Waals surface area contributed by atoms with Crippen LogP contribution < -0.4 is 44.9 Å². The number of halogens is 1. The minimum absolute atomic E-state index is 0. The monoisotopic (exact) mass is 815 g/mol. The fourth-order valence-electron chi connectivity index (χ4n) is 5.22. The zero-order valence-corrected chi connectivity index (χ0v) is 32.2. The molecule has 14 nitrogen and oxygen atoms in total. The molecule has 0 aromatic heterocycles. The van der Waals surface area contributed by atoms with Gasteiger partial charge in [-0.25, -0.2) is 8.42 Å². The number of nitro groups is 1. The maximum atomic E-state index is 12.5. The molecular weight excluding hydrogens is 796 g/mol. The molecule has 0 bridgehead atoms. The first-order valence-electron chi connectivity index (χ1n) is 14.9. The van der Waals surface area contributed by atoms with E-state index in [4.69, 9.17) is 11.6 Å². The molecule has 0 aliphatic rings. The first-order valence-corrected chi connectivity index (χ1v) is 16.7. The fraction of sp³-hybridized carbons (Fsp3) is 0. The number of rotatable bonds is 6. The second kappa shape index (κ2) is 17.3. The van der Waals surface area contributed by atoms with Crippen molar-refractivity contribution < 1.29 is 84.7 Å². The Bertz CT molecular complexity index is 2740. The number of azo groups is 2. The third-order valence-electron chi connectivity index (χ3n) is 7.67. The van der Waals surface area contributed by atoms with Gasteiger partial charge in [-0.1, -0.05) is 102 Å². The van der Waals surface area contributed by atoms with Gasteiger partial charge in [-0.2, -0.15) is 15.3 Å². The Kier molecular flexibility index (Phi) is 13.3. The van der Waals surface area contributed by atoms with Crippen LogP contribution in [0.5, 0.6) is 23.0 Å². The van der Waals surface area contributed by atoms with Crippen molar-refractivity contribution in [2.45, 2.75) is 4.90 Å². The molecule has 1 N–H and O–H groups in total. The summed E-state index contributed by atoms with van der Waals surface area (Å²) in [5.41, 5.74) is -0.408. The average molecular weight is 816 g/mol. The molecule has 0 amide bonds. The van der Waals surface area contributed by atoms with Crippen molar-refractivity contribution in [3.05, 3.63) is 130 Å². The van der Waals surface area contributed by atoms with Gasteiger partial charge in [-0.05, 0) is 41.1 Å². The smallest absolute Gasteiger partial charge is 0.871 e. The summed E-state index contributed by atoms with van der Waals surface area (Å²) in [6, 6.07) is 28.4. The predicted molar refractivity (Wildman–Crippen MR) is 186 cm³/mol. The number of nitrogens with zero attached hydrogens (tertiary/aromatic N) is 5. The summed E-state index contributed by atoms with van der Waals surface area (Å²) < 4.78 is 34.8. The number of nitro benzene ring substituents is 1. The third kappa shape index (κ3) is 8.95. The summed E-state index contributed by atoms with van der Waals surface area (Å²) in [4.78, 5) is 9.40. The first-order chi connectivity index (χ1) is 24.8. The summed E-state index contributed by atoms with van der Waals surface area (Å²) in [5.74, 6) is -1.66. The number of hydrogen-bond acceptors (Lipinski definition) is 13. The molecule has 7 rings (SSSR count). The quantitative estimate of drug-likeness (QED) is 0.0775. The summed E-state index contributed by atoms with van der Waals surface area (Å²) in [5, 5.41) is 76.0. The van der Waals surface area contributed by atoms with Gasteiger partial charge in [-0.15, -0.1) is 5.11 Å². The number of fused-ring (bicyclic) bond motifs is 3. The van der Waals surface area contributed by atoms with Crippen molar-refractivity contribution in [3.8, 4) is 23.0 Å². The molecule has 0 spiro atoms. The summed E-state index contributed by atoms with van der Waals surface area (Å²) >= 11 is 5.83. The zero-order valence-electron chi connectivity index (χ0n) is 27.5. The van der Waals surface area contributed by atoms with Gasteiger partial charge in [-0.3, -0.25) is 10.1 Å². The minimum atomic E-state index is -5.11. The van der Waals surface area contributed by atoms with Crippen molar-refractivity contribution in [1.82, 2.24) is 0 Å². The van der Waals surface area contributed by atoms with Crippen LogP contribution in [0, 0.1) is 10.1 Å². The summed E-state index contributed by atoms with van der Waals surface area (Å²) in [6.07, 6.45) is 0. The largest absolute Gasteiger partial charge is 3.00 e. The van der Waals surface area contributed by atoms with Crippen LogP contribution in [0.2, 0.25) is 5.02 Å². The molecule has 0 radical (unpaired) electrons. The molecule has 7 aromatic rings. The van der Waals surface area contributed by atoms with Crippen LogP contribution in [-0.4, -0.2) is 23.0 Å². The molecule has 266 valence electrons. The van der Waals surface area contributed by atoms with E-state index in [-0.39, 0.29) is 85.7 Å². The van der Waals surface area contributed by atoms with Gasteiger partial charge in [0.1, 0.15) is 21.6 Å². The van der Waals surface area contributed by atoms with Gasteiger partial charge in [0.25, 0.3) is 5.69 Å². The molecule has 0 fully saturated rings. The number of aromatic hydroxyl groups is 1. The van der Waals surface area contributed by atoms with Crippen LogP contribution in [0.25, 0.3) is 32.3 Å². The standard InChI is InChI=1S/C20H13N3O7S.C16H11ClN2O2.Co.Na/c24-16-8-5-11-3-1-2-4-13(11)19(16)21-22-20-14-7-6-12(23(26)27)9-15(14)18(10-17(20)25)31(28,29)30;17-11-6-8-14(20)13(9-11)18-19-16-12-4-2-1-3-10(12)5-7-15(16)21;;/h1-10,24-25H,(H,28,29,30);1-9,20-21H;;/q;;+3;+1/p-4. The molecule has 0 unspecified atom stereocenters. The van der Waals surface area contributed by atoms with E-state index in [0.717, 1.165) is 29.0 Å². The molecule has 7 aromatic carbocycles. The van der Waals surface area contributed by atoms with Crippen LogP contribution >= 0.6 is 11.6 Å². The summed E-state index contributed by atoms with van der Waals surface area (Å²) in [6.45, 7) is 0. The Hall–Kier alpha value is -5.17. The van der Waals surface area contributed by atoms with E-state index >= 15 is 0 Å². The van der Waals surface area contributed by atoms with Crippen molar-refractivity contribution in [3.63, 3.8) is 0 Å². The number of benzene rings is 7.